The zero-order valence-corrected chi connectivity index (χ0v) is 7.95. The van der Waals surface area contributed by atoms with E-state index in [9.17, 15) is 4.79 Å². The van der Waals surface area contributed by atoms with E-state index in [1.807, 2.05) is 13.8 Å². The summed E-state index contributed by atoms with van der Waals surface area (Å²) in [4.78, 5) is 14.5. The number of aromatic amines is 1. The normalized spacial score (nSPS) is 13.2. The smallest absolute Gasteiger partial charge is 0.184 e. The van der Waals surface area contributed by atoms with Crippen LogP contribution in [0.4, 0.5) is 0 Å². The molecule has 13 heavy (non-hydrogen) atoms. The molecule has 0 spiro atoms. The number of hydrogen-bond acceptors (Lipinski definition) is 2. The maximum atomic E-state index is 11.7. The second-order valence-electron chi connectivity index (χ2n) is 3.48. The number of hydrogen-bond donors (Lipinski definition) is 2. The van der Waals surface area contributed by atoms with E-state index >= 15 is 0 Å². The molecule has 1 aromatic heterocycles. The highest BCUT2D eigenvalue weighted by atomic mass is 16.3. The molecular formula is C10H15NO2. The molecule has 0 bridgehead atoms. The lowest BCUT2D eigenvalue weighted by Gasteiger charge is -2.15. The van der Waals surface area contributed by atoms with E-state index in [0.717, 1.165) is 0 Å². The third kappa shape index (κ3) is 2.18. The Bertz CT molecular complexity index is 264. The number of carbonyl (C=O) groups is 1. The lowest BCUT2D eigenvalue weighted by Crippen LogP contribution is -2.24. The van der Waals surface area contributed by atoms with Gasteiger partial charge >= 0.3 is 0 Å². The lowest BCUT2D eigenvalue weighted by atomic mass is 9.91. The number of aliphatic hydroxyl groups excluding tert-OH is 1. The first-order chi connectivity index (χ1) is 6.16. The summed E-state index contributed by atoms with van der Waals surface area (Å²) in [5.74, 6) is -0.137. The summed E-state index contributed by atoms with van der Waals surface area (Å²) in [6.07, 6.45) is 1.71. The van der Waals surface area contributed by atoms with Gasteiger partial charge in [-0.05, 0) is 18.1 Å². The molecule has 72 valence electrons. The molecule has 0 saturated heterocycles. The maximum absolute atomic E-state index is 11.7. The Labute approximate surface area is 77.8 Å². The monoisotopic (exact) mass is 181 g/mol. The van der Waals surface area contributed by atoms with Crippen molar-refractivity contribution in [2.45, 2.75) is 13.8 Å². The third-order valence-electron chi connectivity index (χ3n) is 2.20. The minimum absolute atomic E-state index is 0.0116. The highest BCUT2D eigenvalue weighted by molar-refractivity contribution is 5.96. The van der Waals surface area contributed by atoms with Crippen LogP contribution in [0.5, 0.6) is 0 Å². The van der Waals surface area contributed by atoms with Crippen LogP contribution in [0.3, 0.4) is 0 Å². The van der Waals surface area contributed by atoms with E-state index < -0.39 is 0 Å². The van der Waals surface area contributed by atoms with Gasteiger partial charge in [0.25, 0.3) is 0 Å². The van der Waals surface area contributed by atoms with Gasteiger partial charge in [-0.25, -0.2) is 0 Å². The van der Waals surface area contributed by atoms with E-state index in [1.54, 1.807) is 18.3 Å². The molecule has 1 atom stereocenters. The standard InChI is InChI=1S/C10H15NO2/c1-7(2)8(6-12)10(13)9-4-3-5-11-9/h3-5,7-8,11-12H,6H2,1-2H3. The van der Waals surface area contributed by atoms with Crippen molar-refractivity contribution in [3.8, 4) is 0 Å². The van der Waals surface area contributed by atoms with Gasteiger partial charge in [-0.2, -0.15) is 0 Å². The van der Waals surface area contributed by atoms with Crippen LogP contribution < -0.4 is 0 Å². The number of nitrogens with one attached hydrogen (secondary N) is 1. The van der Waals surface area contributed by atoms with Crippen LogP contribution in [0.2, 0.25) is 0 Å². The predicted octanol–water partition coefficient (Wildman–Crippen LogP) is 1.46. The molecule has 1 aromatic rings. The zero-order chi connectivity index (χ0) is 9.84. The Kier molecular flexibility index (Phi) is 3.25. The van der Waals surface area contributed by atoms with E-state index in [1.165, 1.54) is 0 Å². The van der Waals surface area contributed by atoms with Crippen molar-refractivity contribution < 1.29 is 9.90 Å². The summed E-state index contributed by atoms with van der Waals surface area (Å²) >= 11 is 0. The van der Waals surface area contributed by atoms with E-state index in [-0.39, 0.29) is 24.2 Å². The van der Waals surface area contributed by atoms with Crippen LogP contribution in [0.15, 0.2) is 18.3 Å². The van der Waals surface area contributed by atoms with Gasteiger partial charge in [0, 0.05) is 12.1 Å². The van der Waals surface area contributed by atoms with Gasteiger partial charge in [0.05, 0.1) is 12.3 Å². The van der Waals surface area contributed by atoms with Crippen molar-refractivity contribution in [3.05, 3.63) is 24.0 Å². The number of aliphatic hydroxyl groups is 1. The highest BCUT2D eigenvalue weighted by Crippen LogP contribution is 2.15. The Hall–Kier alpha value is -1.09. The van der Waals surface area contributed by atoms with Gasteiger partial charge in [-0.1, -0.05) is 13.8 Å². The first kappa shape index (κ1) is 9.99. The van der Waals surface area contributed by atoms with Crippen molar-refractivity contribution in [1.29, 1.82) is 0 Å². The number of aromatic nitrogens is 1. The lowest BCUT2D eigenvalue weighted by molar-refractivity contribution is 0.0802. The second kappa shape index (κ2) is 4.23. The molecule has 0 fully saturated rings. The Morgan fingerprint density at radius 3 is 2.69 bits per heavy atom. The highest BCUT2D eigenvalue weighted by Gasteiger charge is 2.22. The quantitative estimate of drug-likeness (QED) is 0.691. The molecule has 0 aliphatic heterocycles. The van der Waals surface area contributed by atoms with Crippen molar-refractivity contribution in [2.75, 3.05) is 6.61 Å². The number of Topliss-reactive ketones (excluding diaryl/α,β-unsaturated/α-hetero) is 1. The fraction of sp³-hybridized carbons (Fsp3) is 0.500. The largest absolute Gasteiger partial charge is 0.396 e. The van der Waals surface area contributed by atoms with Crippen LogP contribution in [-0.4, -0.2) is 22.5 Å². The summed E-state index contributed by atoms with van der Waals surface area (Å²) < 4.78 is 0. The molecule has 1 heterocycles. The van der Waals surface area contributed by atoms with Crippen LogP contribution in [0.1, 0.15) is 24.3 Å². The molecule has 0 saturated carbocycles. The number of rotatable bonds is 4. The first-order valence-corrected chi connectivity index (χ1v) is 4.45. The first-order valence-electron chi connectivity index (χ1n) is 4.45. The molecule has 0 aliphatic rings. The van der Waals surface area contributed by atoms with Crippen LogP contribution in [0, 0.1) is 11.8 Å². The summed E-state index contributed by atoms with van der Waals surface area (Å²) in [5, 5.41) is 9.03. The molecular weight excluding hydrogens is 166 g/mol. The molecule has 0 radical (unpaired) electrons. The van der Waals surface area contributed by atoms with Crippen molar-refractivity contribution in [2.24, 2.45) is 11.8 Å². The minimum atomic E-state index is -0.293. The van der Waals surface area contributed by atoms with Gasteiger partial charge in [-0.3, -0.25) is 4.79 Å². The van der Waals surface area contributed by atoms with E-state index in [2.05, 4.69) is 4.98 Å². The summed E-state index contributed by atoms with van der Waals surface area (Å²) in [7, 11) is 0. The molecule has 0 aliphatic carbocycles. The van der Waals surface area contributed by atoms with Crippen LogP contribution in [0.25, 0.3) is 0 Å². The molecule has 2 N–H and O–H groups in total. The van der Waals surface area contributed by atoms with Crippen molar-refractivity contribution >= 4 is 5.78 Å². The molecule has 1 unspecified atom stereocenters. The van der Waals surface area contributed by atoms with Gasteiger partial charge in [0.15, 0.2) is 5.78 Å². The Morgan fingerprint density at radius 1 is 1.62 bits per heavy atom. The topological polar surface area (TPSA) is 53.1 Å². The average Bonchev–Trinajstić information content (AvgIpc) is 2.56. The Balaban J connectivity index is 2.77. The Morgan fingerprint density at radius 2 is 2.31 bits per heavy atom. The van der Waals surface area contributed by atoms with Crippen LogP contribution >= 0.6 is 0 Å². The van der Waals surface area contributed by atoms with Gasteiger partial charge < -0.3 is 10.1 Å². The summed E-state index contributed by atoms with van der Waals surface area (Å²) in [6.45, 7) is 3.78. The SMILES string of the molecule is CC(C)C(CO)C(=O)c1ccc[nH]1. The number of carbonyl (C=O) groups excluding carboxylic acids is 1. The third-order valence-corrected chi connectivity index (χ3v) is 2.20. The van der Waals surface area contributed by atoms with E-state index in [4.69, 9.17) is 5.11 Å². The zero-order valence-electron chi connectivity index (χ0n) is 7.95. The predicted molar refractivity (Wildman–Crippen MR) is 50.5 cm³/mol. The van der Waals surface area contributed by atoms with Gasteiger partial charge in [0.2, 0.25) is 0 Å². The summed E-state index contributed by atoms with van der Waals surface area (Å²) in [5.41, 5.74) is 0.577. The van der Waals surface area contributed by atoms with Gasteiger partial charge in [0.1, 0.15) is 0 Å². The molecule has 3 nitrogen and oxygen atoms in total. The minimum Gasteiger partial charge on any atom is -0.396 e. The second-order valence-corrected chi connectivity index (χ2v) is 3.48. The molecule has 0 amide bonds. The molecule has 0 aromatic carbocycles. The summed E-state index contributed by atoms with van der Waals surface area (Å²) in [6, 6.07) is 3.51. The number of ketones is 1. The maximum Gasteiger partial charge on any atom is 0.184 e. The fourth-order valence-corrected chi connectivity index (χ4v) is 1.28. The van der Waals surface area contributed by atoms with E-state index in [0.29, 0.717) is 5.69 Å². The van der Waals surface area contributed by atoms with Gasteiger partial charge in [-0.15, -0.1) is 0 Å². The molecule has 1 rings (SSSR count). The number of H-pyrrole nitrogens is 1. The fourth-order valence-electron chi connectivity index (χ4n) is 1.28. The van der Waals surface area contributed by atoms with Crippen LogP contribution in [-0.2, 0) is 0 Å². The average molecular weight is 181 g/mol. The molecule has 3 heteroatoms. The van der Waals surface area contributed by atoms with Crippen molar-refractivity contribution in [3.63, 3.8) is 0 Å². The van der Waals surface area contributed by atoms with Crippen molar-refractivity contribution in [1.82, 2.24) is 4.98 Å².